The van der Waals surface area contributed by atoms with Gasteiger partial charge in [-0.15, -0.1) is 0 Å². The van der Waals surface area contributed by atoms with Gasteiger partial charge in [0.2, 0.25) is 0 Å². The second-order valence-corrected chi connectivity index (χ2v) is 5.00. The molecule has 0 aromatic heterocycles. The van der Waals surface area contributed by atoms with Crippen molar-refractivity contribution in [2.45, 2.75) is 19.2 Å². The van der Waals surface area contributed by atoms with E-state index < -0.39 is 23.1 Å². The number of ether oxygens (including phenoxy) is 2. The molecule has 0 saturated heterocycles. The smallest absolute Gasteiger partial charge is 0.419 e. The quantitative estimate of drug-likeness (QED) is 0.714. The first-order chi connectivity index (χ1) is 10.8. The number of halogens is 4. The Labute approximate surface area is 135 Å². The monoisotopic (exact) mass is 344 g/mol. The molecule has 0 heterocycles. The lowest BCUT2D eigenvalue weighted by molar-refractivity contribution is -0.138. The van der Waals surface area contributed by atoms with E-state index in [0.29, 0.717) is 5.75 Å². The molecule has 23 heavy (non-hydrogen) atoms. The van der Waals surface area contributed by atoms with Gasteiger partial charge in [0.25, 0.3) is 5.24 Å². The van der Waals surface area contributed by atoms with Crippen LogP contribution in [0.4, 0.5) is 13.2 Å². The largest absolute Gasteiger partial charge is 0.482 e. The van der Waals surface area contributed by atoms with Crippen LogP contribution in [0.25, 0.3) is 0 Å². The first kappa shape index (κ1) is 17.1. The molecule has 3 nitrogen and oxygen atoms in total. The van der Waals surface area contributed by atoms with E-state index in [9.17, 15) is 18.0 Å². The van der Waals surface area contributed by atoms with Crippen molar-refractivity contribution in [2.75, 3.05) is 0 Å². The van der Waals surface area contributed by atoms with Crippen molar-refractivity contribution in [3.05, 3.63) is 54.1 Å². The standard InChI is InChI=1S/C16H12ClF3O3/c1-10(15(17)21)22-11-6-8-12(9-7-11)23-14-5-3-2-4-13(14)16(18,19)20/h2-10H,1H3. The van der Waals surface area contributed by atoms with Gasteiger partial charge in [-0.3, -0.25) is 4.79 Å². The van der Waals surface area contributed by atoms with Gasteiger partial charge in [-0.05, 0) is 54.9 Å². The fourth-order valence-corrected chi connectivity index (χ4v) is 1.80. The molecule has 0 aliphatic rings. The number of para-hydroxylation sites is 1. The zero-order valence-electron chi connectivity index (χ0n) is 11.9. The molecule has 0 spiro atoms. The summed E-state index contributed by atoms with van der Waals surface area (Å²) in [5, 5.41) is -0.649. The van der Waals surface area contributed by atoms with Crippen molar-refractivity contribution in [3.63, 3.8) is 0 Å². The Morgan fingerprint density at radius 2 is 1.61 bits per heavy atom. The molecule has 2 rings (SSSR count). The summed E-state index contributed by atoms with van der Waals surface area (Å²) in [6.45, 7) is 1.49. The Morgan fingerprint density at radius 1 is 1.04 bits per heavy atom. The van der Waals surface area contributed by atoms with E-state index in [0.717, 1.165) is 6.07 Å². The van der Waals surface area contributed by atoms with Crippen LogP contribution in [-0.2, 0) is 11.0 Å². The first-order valence-corrected chi connectivity index (χ1v) is 6.95. The molecule has 0 aliphatic heterocycles. The topological polar surface area (TPSA) is 35.5 Å². The molecular weight excluding hydrogens is 333 g/mol. The third-order valence-corrected chi connectivity index (χ3v) is 3.18. The lowest BCUT2D eigenvalue weighted by atomic mass is 10.2. The van der Waals surface area contributed by atoms with Crippen LogP contribution in [0.5, 0.6) is 17.2 Å². The lowest BCUT2D eigenvalue weighted by Gasteiger charge is -2.14. The van der Waals surface area contributed by atoms with Crippen LogP contribution in [0.3, 0.4) is 0 Å². The molecule has 0 saturated carbocycles. The van der Waals surface area contributed by atoms with Crippen molar-refractivity contribution in [2.24, 2.45) is 0 Å². The summed E-state index contributed by atoms with van der Waals surface area (Å²) in [5.41, 5.74) is -0.860. The molecule has 122 valence electrons. The molecule has 0 amide bonds. The summed E-state index contributed by atoms with van der Waals surface area (Å²) >= 11 is 5.28. The van der Waals surface area contributed by atoms with Crippen LogP contribution in [-0.4, -0.2) is 11.3 Å². The van der Waals surface area contributed by atoms with Crippen molar-refractivity contribution >= 4 is 16.8 Å². The number of hydrogen-bond acceptors (Lipinski definition) is 3. The number of carbonyl (C=O) groups is 1. The first-order valence-electron chi connectivity index (χ1n) is 6.57. The maximum Gasteiger partial charge on any atom is 0.419 e. The van der Waals surface area contributed by atoms with Crippen LogP contribution in [0, 0.1) is 0 Å². The van der Waals surface area contributed by atoms with E-state index in [2.05, 4.69) is 0 Å². The van der Waals surface area contributed by atoms with Crippen molar-refractivity contribution in [1.29, 1.82) is 0 Å². The summed E-state index contributed by atoms with van der Waals surface area (Å²) in [6.07, 6.45) is -5.33. The molecule has 1 atom stereocenters. The van der Waals surface area contributed by atoms with Gasteiger partial charge in [-0.2, -0.15) is 13.2 Å². The van der Waals surface area contributed by atoms with E-state index >= 15 is 0 Å². The van der Waals surface area contributed by atoms with E-state index in [4.69, 9.17) is 21.1 Å². The molecule has 0 radical (unpaired) electrons. The zero-order chi connectivity index (χ0) is 17.0. The Hall–Kier alpha value is -2.21. The van der Waals surface area contributed by atoms with Gasteiger partial charge in [-0.25, -0.2) is 0 Å². The molecule has 1 unspecified atom stereocenters. The van der Waals surface area contributed by atoms with E-state index in [-0.39, 0.29) is 11.5 Å². The van der Waals surface area contributed by atoms with E-state index in [1.165, 1.54) is 49.4 Å². The molecule has 2 aromatic rings. The minimum Gasteiger partial charge on any atom is -0.482 e. The minimum absolute atomic E-state index is 0.207. The van der Waals surface area contributed by atoms with Gasteiger partial charge >= 0.3 is 6.18 Å². The highest BCUT2D eigenvalue weighted by atomic mass is 35.5. The summed E-state index contributed by atoms with van der Waals surface area (Å²) < 4.78 is 49.2. The Bertz CT molecular complexity index is 684. The minimum atomic E-state index is -4.50. The third kappa shape index (κ3) is 4.63. The Kier molecular flexibility index (Phi) is 5.15. The lowest BCUT2D eigenvalue weighted by Crippen LogP contribution is -2.18. The molecule has 0 fully saturated rings. The molecule has 2 aromatic carbocycles. The number of alkyl halides is 3. The number of hydrogen-bond donors (Lipinski definition) is 0. The number of rotatable bonds is 5. The molecule has 0 bridgehead atoms. The van der Waals surface area contributed by atoms with Crippen LogP contribution in [0.1, 0.15) is 12.5 Å². The van der Waals surface area contributed by atoms with Crippen molar-refractivity contribution < 1.29 is 27.4 Å². The van der Waals surface area contributed by atoms with E-state index in [1.54, 1.807) is 0 Å². The molecule has 0 N–H and O–H groups in total. The summed E-state index contributed by atoms with van der Waals surface area (Å²) in [5.74, 6) is 0.264. The zero-order valence-corrected chi connectivity index (χ0v) is 12.7. The summed E-state index contributed by atoms with van der Waals surface area (Å²) in [6, 6.07) is 10.8. The maximum absolute atomic E-state index is 12.9. The normalized spacial score (nSPS) is 12.6. The molecule has 7 heteroatoms. The summed E-state index contributed by atoms with van der Waals surface area (Å²) in [7, 11) is 0. The van der Waals surface area contributed by atoms with Crippen LogP contribution in [0.2, 0.25) is 0 Å². The fourth-order valence-electron chi connectivity index (χ4n) is 1.75. The second kappa shape index (κ2) is 6.91. The van der Waals surface area contributed by atoms with E-state index in [1.807, 2.05) is 0 Å². The van der Waals surface area contributed by atoms with Crippen LogP contribution >= 0.6 is 11.6 Å². The Morgan fingerprint density at radius 3 is 2.17 bits per heavy atom. The number of carbonyl (C=O) groups excluding carboxylic acids is 1. The predicted molar refractivity (Wildman–Crippen MR) is 78.9 cm³/mol. The summed E-state index contributed by atoms with van der Waals surface area (Å²) in [4.78, 5) is 10.9. The van der Waals surface area contributed by atoms with Crippen LogP contribution in [0.15, 0.2) is 48.5 Å². The van der Waals surface area contributed by atoms with Gasteiger partial charge in [0.15, 0.2) is 6.10 Å². The number of benzene rings is 2. The van der Waals surface area contributed by atoms with Crippen LogP contribution < -0.4 is 9.47 Å². The predicted octanol–water partition coefficient (Wildman–Crippen LogP) is 5.03. The average Bonchev–Trinajstić information content (AvgIpc) is 2.48. The van der Waals surface area contributed by atoms with Gasteiger partial charge in [0.05, 0.1) is 5.56 Å². The molecular formula is C16H12ClF3O3. The highest BCUT2D eigenvalue weighted by Crippen LogP contribution is 2.38. The third-order valence-electron chi connectivity index (χ3n) is 2.88. The van der Waals surface area contributed by atoms with Gasteiger partial charge in [-0.1, -0.05) is 12.1 Å². The fraction of sp³-hybridized carbons (Fsp3) is 0.188. The van der Waals surface area contributed by atoms with Gasteiger partial charge in [0.1, 0.15) is 17.2 Å². The highest BCUT2D eigenvalue weighted by Gasteiger charge is 2.34. The molecule has 0 aliphatic carbocycles. The Balaban J connectivity index is 2.15. The van der Waals surface area contributed by atoms with Crippen molar-refractivity contribution in [3.8, 4) is 17.2 Å². The highest BCUT2D eigenvalue weighted by molar-refractivity contribution is 6.64. The maximum atomic E-state index is 12.9. The second-order valence-electron chi connectivity index (χ2n) is 4.63. The average molecular weight is 345 g/mol. The van der Waals surface area contributed by atoms with Crippen molar-refractivity contribution in [1.82, 2.24) is 0 Å². The van der Waals surface area contributed by atoms with Gasteiger partial charge < -0.3 is 9.47 Å². The van der Waals surface area contributed by atoms with Gasteiger partial charge in [0, 0.05) is 0 Å². The SMILES string of the molecule is CC(Oc1ccc(Oc2ccccc2C(F)(F)F)cc1)C(=O)Cl.